The van der Waals surface area contributed by atoms with Crippen LogP contribution in [0.15, 0.2) is 53.4 Å². The maximum absolute atomic E-state index is 14.0. The summed E-state index contributed by atoms with van der Waals surface area (Å²) in [6, 6.07) is 10.0. The zero-order valence-corrected chi connectivity index (χ0v) is 24.4. The molecular formula is C29H33ClF3N3O5S. The van der Waals surface area contributed by atoms with Crippen molar-refractivity contribution < 1.29 is 36.0 Å². The molecule has 2 aromatic carbocycles. The zero-order chi connectivity index (χ0) is 30.7. The van der Waals surface area contributed by atoms with E-state index in [4.69, 9.17) is 17.3 Å². The van der Waals surface area contributed by atoms with E-state index in [9.17, 15) is 36.0 Å². The van der Waals surface area contributed by atoms with Crippen molar-refractivity contribution >= 4 is 39.2 Å². The third kappa shape index (κ3) is 7.08. The summed E-state index contributed by atoms with van der Waals surface area (Å²) in [7, 11) is -3.79. The topological polar surface area (TPSA) is 127 Å². The molecule has 0 spiro atoms. The van der Waals surface area contributed by atoms with Crippen LogP contribution in [-0.4, -0.2) is 61.3 Å². The number of sulfone groups is 1. The van der Waals surface area contributed by atoms with Gasteiger partial charge < -0.3 is 16.0 Å². The van der Waals surface area contributed by atoms with Gasteiger partial charge >= 0.3 is 6.18 Å². The van der Waals surface area contributed by atoms with E-state index in [2.05, 4.69) is 5.32 Å². The van der Waals surface area contributed by atoms with Crippen molar-refractivity contribution in [2.24, 2.45) is 11.7 Å². The van der Waals surface area contributed by atoms with Gasteiger partial charge in [0.05, 0.1) is 22.1 Å². The fraction of sp³-hybridized carbons (Fsp3) is 0.483. The van der Waals surface area contributed by atoms with Gasteiger partial charge in [-0.2, -0.15) is 13.2 Å². The van der Waals surface area contributed by atoms with Gasteiger partial charge in [-0.3, -0.25) is 14.4 Å². The minimum Gasteiger partial charge on any atom is -0.366 e. The quantitative estimate of drug-likeness (QED) is 0.381. The van der Waals surface area contributed by atoms with Crippen LogP contribution in [0.25, 0.3) is 0 Å². The first kappa shape index (κ1) is 31.8. The maximum Gasteiger partial charge on any atom is 0.416 e. The molecule has 1 heterocycles. The van der Waals surface area contributed by atoms with Crippen LogP contribution in [0.1, 0.15) is 65.9 Å². The Kier molecular flexibility index (Phi) is 9.87. The summed E-state index contributed by atoms with van der Waals surface area (Å²) in [5.74, 6) is -3.72. The predicted octanol–water partition coefficient (Wildman–Crippen LogP) is 4.27. The Morgan fingerprint density at radius 2 is 1.76 bits per heavy atom. The van der Waals surface area contributed by atoms with E-state index in [1.165, 1.54) is 23.1 Å². The number of carbonyl (C=O) groups is 3. The van der Waals surface area contributed by atoms with Crippen LogP contribution in [0.3, 0.4) is 0 Å². The Labute approximate surface area is 247 Å². The molecule has 1 aliphatic carbocycles. The average Bonchev–Trinajstić information content (AvgIpc) is 3.31. The lowest BCUT2D eigenvalue weighted by Gasteiger charge is -2.41. The highest BCUT2D eigenvalue weighted by atomic mass is 35.5. The molecule has 0 radical (unpaired) electrons. The summed E-state index contributed by atoms with van der Waals surface area (Å²) in [6.07, 6.45) is -3.02. The molecule has 0 bridgehead atoms. The zero-order valence-electron chi connectivity index (χ0n) is 22.8. The van der Waals surface area contributed by atoms with Gasteiger partial charge in [-0.15, -0.1) is 11.6 Å². The largest absolute Gasteiger partial charge is 0.416 e. The average molecular weight is 628 g/mol. The smallest absolute Gasteiger partial charge is 0.366 e. The number of nitrogens with two attached hydrogens (primary N) is 1. The lowest BCUT2D eigenvalue weighted by Crippen LogP contribution is -2.51. The SMILES string of the molecule is NC(=O)c1cccc(C(F)(F)F)c1[C@@H]1CCN([C@H]2CC[C@@H](NC(=O)CCCCl)C[C@H]2CS(=O)(=O)c2ccccc2)C1=O. The molecule has 3 amide bonds. The van der Waals surface area contributed by atoms with Crippen LogP contribution in [0, 0.1) is 5.92 Å². The highest BCUT2D eigenvalue weighted by Crippen LogP contribution is 2.43. The Morgan fingerprint density at radius 1 is 1.05 bits per heavy atom. The molecule has 2 fully saturated rings. The monoisotopic (exact) mass is 627 g/mol. The number of nitrogens with one attached hydrogen (secondary N) is 1. The Morgan fingerprint density at radius 3 is 2.40 bits per heavy atom. The molecule has 1 saturated heterocycles. The minimum absolute atomic E-state index is 0.0133. The molecule has 1 aliphatic heterocycles. The third-order valence-electron chi connectivity index (χ3n) is 8.05. The van der Waals surface area contributed by atoms with Crippen LogP contribution in [-0.2, 0) is 25.6 Å². The molecule has 4 rings (SSSR count). The fourth-order valence-electron chi connectivity index (χ4n) is 6.20. The molecule has 8 nitrogen and oxygen atoms in total. The summed E-state index contributed by atoms with van der Waals surface area (Å²) in [4.78, 5) is 39.9. The number of primary amides is 1. The molecule has 42 heavy (non-hydrogen) atoms. The van der Waals surface area contributed by atoms with E-state index < -0.39 is 56.8 Å². The summed E-state index contributed by atoms with van der Waals surface area (Å²) in [5, 5.41) is 2.94. The maximum atomic E-state index is 14.0. The van der Waals surface area contributed by atoms with Crippen molar-refractivity contribution in [1.29, 1.82) is 0 Å². The molecule has 2 aromatic rings. The second-order valence-corrected chi connectivity index (χ2v) is 13.2. The summed E-state index contributed by atoms with van der Waals surface area (Å²) in [5.41, 5.74) is 3.51. The molecule has 0 unspecified atom stereocenters. The minimum atomic E-state index is -4.82. The second kappa shape index (κ2) is 13.0. The molecule has 1 saturated carbocycles. The van der Waals surface area contributed by atoms with Crippen molar-refractivity contribution in [3.63, 3.8) is 0 Å². The number of amides is 3. The van der Waals surface area contributed by atoms with E-state index in [1.807, 2.05) is 0 Å². The first-order chi connectivity index (χ1) is 19.8. The first-order valence-corrected chi connectivity index (χ1v) is 16.0. The number of benzene rings is 2. The van der Waals surface area contributed by atoms with E-state index in [-0.39, 0.29) is 54.0 Å². The number of alkyl halides is 4. The van der Waals surface area contributed by atoms with Gasteiger partial charge in [0.25, 0.3) is 0 Å². The van der Waals surface area contributed by atoms with Gasteiger partial charge in [0.15, 0.2) is 9.84 Å². The molecule has 3 N–H and O–H groups in total. The molecule has 13 heteroatoms. The third-order valence-corrected chi connectivity index (χ3v) is 10.2. The number of nitrogens with zero attached hydrogens (tertiary/aromatic N) is 1. The lowest BCUT2D eigenvalue weighted by atomic mass is 9.81. The van der Waals surface area contributed by atoms with Crippen molar-refractivity contribution in [3.8, 4) is 0 Å². The molecule has 0 aromatic heterocycles. The number of rotatable bonds is 10. The van der Waals surface area contributed by atoms with Gasteiger partial charge in [-0.25, -0.2) is 8.42 Å². The standard InChI is InChI=1S/C29H33ClF3N3O5S/c30-14-5-10-25(37)35-19-11-12-24(18(16-19)17-42(40,41)20-6-2-1-3-7-20)36-15-13-22(28(36)39)26-21(27(34)38)8-4-9-23(26)29(31,32)33/h1-4,6-9,18-19,22,24H,5,10-17H2,(H2,34,38)(H,35,37)/t18-,19+,22-,24-/m0/s1. The van der Waals surface area contributed by atoms with Crippen LogP contribution in [0.4, 0.5) is 13.2 Å². The molecule has 2 aliphatic rings. The van der Waals surface area contributed by atoms with Crippen LogP contribution < -0.4 is 11.1 Å². The van der Waals surface area contributed by atoms with Gasteiger partial charge in [-0.05, 0) is 67.9 Å². The van der Waals surface area contributed by atoms with Gasteiger partial charge in [0, 0.05) is 36.5 Å². The number of hydrogen-bond acceptors (Lipinski definition) is 5. The molecular weight excluding hydrogens is 595 g/mol. The Hall–Kier alpha value is -3.12. The van der Waals surface area contributed by atoms with E-state index in [0.717, 1.165) is 12.1 Å². The van der Waals surface area contributed by atoms with Crippen LogP contribution >= 0.6 is 11.6 Å². The van der Waals surface area contributed by atoms with Gasteiger partial charge in [0.2, 0.25) is 17.7 Å². The van der Waals surface area contributed by atoms with Crippen molar-refractivity contribution in [2.45, 2.75) is 67.6 Å². The van der Waals surface area contributed by atoms with Crippen molar-refractivity contribution in [3.05, 3.63) is 65.2 Å². The van der Waals surface area contributed by atoms with Crippen molar-refractivity contribution in [2.75, 3.05) is 18.2 Å². The first-order valence-electron chi connectivity index (χ1n) is 13.8. The number of carbonyl (C=O) groups excluding carboxylic acids is 3. The van der Waals surface area contributed by atoms with Crippen LogP contribution in [0.2, 0.25) is 0 Å². The van der Waals surface area contributed by atoms with Gasteiger partial charge in [-0.1, -0.05) is 24.3 Å². The van der Waals surface area contributed by atoms with E-state index in [0.29, 0.717) is 25.1 Å². The molecule has 4 atom stereocenters. The van der Waals surface area contributed by atoms with Gasteiger partial charge in [0.1, 0.15) is 0 Å². The van der Waals surface area contributed by atoms with Crippen LogP contribution in [0.5, 0.6) is 0 Å². The fourth-order valence-corrected chi connectivity index (χ4v) is 8.02. The van der Waals surface area contributed by atoms with E-state index in [1.54, 1.807) is 18.2 Å². The Bertz CT molecular complexity index is 1420. The number of halogens is 4. The van der Waals surface area contributed by atoms with E-state index >= 15 is 0 Å². The second-order valence-electron chi connectivity index (χ2n) is 10.8. The lowest BCUT2D eigenvalue weighted by molar-refractivity contribution is -0.139. The highest BCUT2D eigenvalue weighted by Gasteiger charge is 2.47. The number of hydrogen-bond donors (Lipinski definition) is 2. The summed E-state index contributed by atoms with van der Waals surface area (Å²) >= 11 is 5.69. The highest BCUT2D eigenvalue weighted by molar-refractivity contribution is 7.91. The molecule has 228 valence electrons. The normalized spacial score (nSPS) is 23.1. The number of likely N-dealkylation sites (tertiary alicyclic amines) is 1. The van der Waals surface area contributed by atoms with Crippen molar-refractivity contribution in [1.82, 2.24) is 10.2 Å². The summed E-state index contributed by atoms with van der Waals surface area (Å²) < 4.78 is 68.7. The Balaban J connectivity index is 1.64. The predicted molar refractivity (Wildman–Crippen MR) is 151 cm³/mol. The summed E-state index contributed by atoms with van der Waals surface area (Å²) in [6.45, 7) is 0.0905.